The van der Waals surface area contributed by atoms with Crippen LogP contribution in [-0.2, 0) is 6.54 Å². The summed E-state index contributed by atoms with van der Waals surface area (Å²) in [6, 6.07) is 7.48. The van der Waals surface area contributed by atoms with Gasteiger partial charge in [0.15, 0.2) is 5.82 Å². The van der Waals surface area contributed by atoms with Gasteiger partial charge in [-0.15, -0.1) is 5.10 Å². The van der Waals surface area contributed by atoms with Crippen molar-refractivity contribution < 1.29 is 0 Å². The molecule has 1 aromatic carbocycles. The van der Waals surface area contributed by atoms with Gasteiger partial charge in [0.05, 0.1) is 11.6 Å². The van der Waals surface area contributed by atoms with Crippen molar-refractivity contribution in [1.82, 2.24) is 24.6 Å². The number of aromatic nitrogens is 3. The highest BCUT2D eigenvalue weighted by Gasteiger charge is 2.18. The predicted molar refractivity (Wildman–Crippen MR) is 105 cm³/mol. The van der Waals surface area contributed by atoms with E-state index in [0.29, 0.717) is 23.1 Å². The second kappa shape index (κ2) is 8.29. The number of nitrogens with zero attached hydrogens (tertiary/aromatic N) is 5. The molecule has 3 rings (SSSR count). The topological polar surface area (TPSA) is 54.3 Å². The molecule has 0 spiro atoms. The highest BCUT2D eigenvalue weighted by molar-refractivity contribution is 6.33. The smallest absolute Gasteiger partial charge is 0.288 e. The number of halogens is 1. The SMILES string of the molecule is CC(C)c1nc(-c2ccccc2Cl)nn(CCN2CCN(C)CC2)c1=O. The van der Waals surface area contributed by atoms with Crippen LogP contribution in [0.25, 0.3) is 11.4 Å². The van der Waals surface area contributed by atoms with Crippen molar-refractivity contribution in [2.45, 2.75) is 26.3 Å². The maximum atomic E-state index is 12.8. The van der Waals surface area contributed by atoms with Crippen LogP contribution in [0.3, 0.4) is 0 Å². The fourth-order valence-electron chi connectivity index (χ4n) is 3.07. The van der Waals surface area contributed by atoms with E-state index >= 15 is 0 Å². The standard InChI is InChI=1S/C19H26ClN5O/c1-14(2)17-19(26)25(13-12-24-10-8-23(3)9-11-24)22-18(21-17)15-6-4-5-7-16(15)20/h4-7,14H,8-13H2,1-3H3. The Morgan fingerprint density at radius 1 is 1.12 bits per heavy atom. The lowest BCUT2D eigenvalue weighted by atomic mass is 10.1. The fraction of sp³-hybridized carbons (Fsp3) is 0.526. The summed E-state index contributed by atoms with van der Waals surface area (Å²) in [5.41, 5.74) is 1.18. The Hall–Kier alpha value is -1.76. The van der Waals surface area contributed by atoms with Gasteiger partial charge in [0.1, 0.15) is 5.69 Å². The van der Waals surface area contributed by atoms with Gasteiger partial charge in [-0.1, -0.05) is 37.6 Å². The van der Waals surface area contributed by atoms with Gasteiger partial charge in [0, 0.05) is 44.2 Å². The summed E-state index contributed by atoms with van der Waals surface area (Å²) < 4.78 is 1.55. The molecule has 1 aliphatic heterocycles. The second-order valence-electron chi connectivity index (χ2n) is 7.13. The Kier molecular flexibility index (Phi) is 6.06. The third-order valence-electron chi connectivity index (χ3n) is 4.78. The summed E-state index contributed by atoms with van der Waals surface area (Å²) in [4.78, 5) is 22.0. The Morgan fingerprint density at radius 3 is 2.46 bits per heavy atom. The summed E-state index contributed by atoms with van der Waals surface area (Å²) in [6.45, 7) is 9.47. The van der Waals surface area contributed by atoms with Gasteiger partial charge in [-0.3, -0.25) is 9.69 Å². The minimum Gasteiger partial charge on any atom is -0.304 e. The molecule has 6 nitrogen and oxygen atoms in total. The number of piperazine rings is 1. The first-order valence-electron chi connectivity index (χ1n) is 9.10. The van der Waals surface area contributed by atoms with Gasteiger partial charge < -0.3 is 4.90 Å². The number of hydrogen-bond donors (Lipinski definition) is 0. The van der Waals surface area contributed by atoms with Crippen molar-refractivity contribution in [3.63, 3.8) is 0 Å². The molecule has 0 unspecified atom stereocenters. The molecule has 1 aliphatic rings. The number of hydrogen-bond acceptors (Lipinski definition) is 5. The molecule has 0 amide bonds. The number of rotatable bonds is 5. The van der Waals surface area contributed by atoms with Crippen molar-refractivity contribution >= 4 is 11.6 Å². The van der Waals surface area contributed by atoms with E-state index < -0.39 is 0 Å². The average Bonchev–Trinajstić information content (AvgIpc) is 2.62. The lowest BCUT2D eigenvalue weighted by Crippen LogP contribution is -2.46. The molecule has 1 aromatic heterocycles. The molecule has 0 N–H and O–H groups in total. The third-order valence-corrected chi connectivity index (χ3v) is 5.11. The molecular weight excluding hydrogens is 350 g/mol. The largest absolute Gasteiger partial charge is 0.304 e. The fourth-order valence-corrected chi connectivity index (χ4v) is 3.29. The van der Waals surface area contributed by atoms with Gasteiger partial charge in [0.25, 0.3) is 5.56 Å². The molecule has 1 saturated heterocycles. The molecule has 26 heavy (non-hydrogen) atoms. The summed E-state index contributed by atoms with van der Waals surface area (Å²) in [7, 11) is 2.14. The Bertz CT molecular complexity index is 812. The monoisotopic (exact) mass is 375 g/mol. The second-order valence-corrected chi connectivity index (χ2v) is 7.54. The highest BCUT2D eigenvalue weighted by Crippen LogP contribution is 2.24. The van der Waals surface area contributed by atoms with Crippen LogP contribution in [0.4, 0.5) is 0 Å². The number of likely N-dealkylation sites (N-methyl/N-ethyl adjacent to an activating group) is 1. The third kappa shape index (κ3) is 4.31. The molecule has 0 aliphatic carbocycles. The molecule has 0 saturated carbocycles. The molecule has 2 heterocycles. The van der Waals surface area contributed by atoms with Crippen LogP contribution in [0.1, 0.15) is 25.5 Å². The molecule has 0 radical (unpaired) electrons. The van der Waals surface area contributed by atoms with E-state index in [1.54, 1.807) is 4.68 Å². The summed E-state index contributed by atoms with van der Waals surface area (Å²) in [6.07, 6.45) is 0. The Labute approximate surface area is 159 Å². The minimum absolute atomic E-state index is 0.0293. The van der Waals surface area contributed by atoms with E-state index in [2.05, 4.69) is 26.9 Å². The van der Waals surface area contributed by atoms with E-state index in [1.807, 2.05) is 38.1 Å². The van der Waals surface area contributed by atoms with Crippen molar-refractivity contribution in [3.05, 3.63) is 45.3 Å². The lowest BCUT2D eigenvalue weighted by Gasteiger charge is -2.32. The van der Waals surface area contributed by atoms with E-state index in [9.17, 15) is 4.79 Å². The number of benzene rings is 1. The van der Waals surface area contributed by atoms with Gasteiger partial charge in [0.2, 0.25) is 0 Å². The van der Waals surface area contributed by atoms with Crippen molar-refractivity contribution in [2.75, 3.05) is 39.8 Å². The Balaban J connectivity index is 1.89. The van der Waals surface area contributed by atoms with Crippen molar-refractivity contribution in [1.29, 1.82) is 0 Å². The zero-order valence-electron chi connectivity index (χ0n) is 15.7. The van der Waals surface area contributed by atoms with Crippen LogP contribution < -0.4 is 5.56 Å². The van der Waals surface area contributed by atoms with Crippen LogP contribution in [0.2, 0.25) is 5.02 Å². The van der Waals surface area contributed by atoms with Crippen LogP contribution in [0, 0.1) is 0 Å². The van der Waals surface area contributed by atoms with Crippen LogP contribution in [0.5, 0.6) is 0 Å². The molecular formula is C19H26ClN5O. The van der Waals surface area contributed by atoms with Crippen LogP contribution in [0.15, 0.2) is 29.1 Å². The maximum Gasteiger partial charge on any atom is 0.288 e. The zero-order valence-corrected chi connectivity index (χ0v) is 16.4. The predicted octanol–water partition coefficient (Wildman–Crippen LogP) is 2.33. The van der Waals surface area contributed by atoms with Crippen LogP contribution >= 0.6 is 11.6 Å². The Morgan fingerprint density at radius 2 is 1.81 bits per heavy atom. The minimum atomic E-state index is -0.107. The summed E-state index contributed by atoms with van der Waals surface area (Å²) >= 11 is 6.32. The molecule has 2 aromatic rings. The van der Waals surface area contributed by atoms with E-state index in [0.717, 1.165) is 38.3 Å². The van der Waals surface area contributed by atoms with Gasteiger partial charge in [-0.2, -0.15) is 0 Å². The van der Waals surface area contributed by atoms with Crippen LogP contribution in [-0.4, -0.2) is 64.3 Å². The summed E-state index contributed by atoms with van der Waals surface area (Å²) in [5, 5.41) is 5.11. The van der Waals surface area contributed by atoms with Gasteiger partial charge in [-0.25, -0.2) is 9.67 Å². The average molecular weight is 376 g/mol. The lowest BCUT2D eigenvalue weighted by molar-refractivity contribution is 0.148. The molecule has 7 heteroatoms. The molecule has 1 fully saturated rings. The molecule has 0 bridgehead atoms. The molecule has 0 atom stereocenters. The van der Waals surface area contributed by atoms with E-state index in [-0.39, 0.29) is 11.5 Å². The highest BCUT2D eigenvalue weighted by atomic mass is 35.5. The van der Waals surface area contributed by atoms with E-state index in [1.165, 1.54) is 0 Å². The van der Waals surface area contributed by atoms with Gasteiger partial charge in [-0.05, 0) is 19.2 Å². The van der Waals surface area contributed by atoms with Crippen molar-refractivity contribution in [2.24, 2.45) is 0 Å². The normalized spacial score (nSPS) is 16.3. The first-order chi connectivity index (χ1) is 12.5. The zero-order chi connectivity index (χ0) is 18.7. The maximum absolute atomic E-state index is 12.8. The first-order valence-corrected chi connectivity index (χ1v) is 9.48. The molecule has 140 valence electrons. The van der Waals surface area contributed by atoms with E-state index in [4.69, 9.17) is 11.6 Å². The quantitative estimate of drug-likeness (QED) is 0.802. The van der Waals surface area contributed by atoms with Crippen molar-refractivity contribution in [3.8, 4) is 11.4 Å². The first kappa shape index (κ1) is 19.0. The summed E-state index contributed by atoms with van der Waals surface area (Å²) in [5.74, 6) is 0.541. The van der Waals surface area contributed by atoms with Gasteiger partial charge >= 0.3 is 0 Å².